The van der Waals surface area contributed by atoms with E-state index in [2.05, 4.69) is 15.6 Å². The molecule has 1 aromatic carbocycles. The number of rotatable bonds is 5. The molecule has 0 saturated heterocycles. The summed E-state index contributed by atoms with van der Waals surface area (Å²) in [5, 5.41) is 5.62. The van der Waals surface area contributed by atoms with Crippen LogP contribution in [0.3, 0.4) is 0 Å². The molecule has 0 fully saturated rings. The molecule has 0 aromatic heterocycles. The number of amides is 1. The van der Waals surface area contributed by atoms with E-state index in [9.17, 15) is 9.18 Å². The van der Waals surface area contributed by atoms with E-state index in [-0.39, 0.29) is 34.7 Å². The van der Waals surface area contributed by atoms with Gasteiger partial charge < -0.3 is 16.4 Å². The number of aliphatic imine (C=N–C) groups is 1. The molecule has 0 radical (unpaired) electrons. The fourth-order valence-electron chi connectivity index (χ4n) is 1.39. The fraction of sp³-hybridized carbons (Fsp3) is 0.385. The van der Waals surface area contributed by atoms with E-state index in [1.807, 2.05) is 13.8 Å². The van der Waals surface area contributed by atoms with Crippen LogP contribution in [-0.4, -0.2) is 31.0 Å². The van der Waals surface area contributed by atoms with Gasteiger partial charge in [0.05, 0.1) is 6.54 Å². The summed E-state index contributed by atoms with van der Waals surface area (Å²) in [7, 11) is 0. The van der Waals surface area contributed by atoms with Gasteiger partial charge in [-0.1, -0.05) is 0 Å². The van der Waals surface area contributed by atoms with E-state index in [0.29, 0.717) is 24.6 Å². The summed E-state index contributed by atoms with van der Waals surface area (Å²) in [6.45, 7) is 4.67. The molecule has 0 bridgehead atoms. The van der Waals surface area contributed by atoms with Gasteiger partial charge in [0.25, 0.3) is 5.91 Å². The molecule has 112 valence electrons. The minimum Gasteiger partial charge on any atom is -0.370 e. The van der Waals surface area contributed by atoms with Crippen LogP contribution in [-0.2, 0) is 0 Å². The molecule has 0 atom stereocenters. The third-order valence-corrected chi connectivity index (χ3v) is 2.22. The van der Waals surface area contributed by atoms with Crippen molar-refractivity contribution >= 4 is 28.8 Å². The number of hydrogen-bond acceptors (Lipinski definition) is 2. The zero-order valence-electron chi connectivity index (χ0n) is 11.5. The number of carbonyl (C=O) groups is 1. The monoisotopic (exact) mass is 346 g/mol. The van der Waals surface area contributed by atoms with Crippen molar-refractivity contribution in [2.45, 2.75) is 19.9 Å². The molecule has 0 spiro atoms. The molecule has 1 aromatic rings. The summed E-state index contributed by atoms with van der Waals surface area (Å²) < 4.78 is 12.7. The Bertz CT molecular complexity index is 448. The third kappa shape index (κ3) is 7.08. The van der Waals surface area contributed by atoms with E-state index < -0.39 is 0 Å². The number of guanidine groups is 1. The molecule has 5 nitrogen and oxygen atoms in total. The number of halogens is 2. The third-order valence-electron chi connectivity index (χ3n) is 2.22. The van der Waals surface area contributed by atoms with Crippen LogP contribution in [0.1, 0.15) is 24.2 Å². The first kappa shape index (κ1) is 18.4. The van der Waals surface area contributed by atoms with E-state index in [1.165, 1.54) is 24.3 Å². The zero-order chi connectivity index (χ0) is 14.3. The highest BCUT2D eigenvalue weighted by molar-refractivity contribution is 8.93. The second-order valence-corrected chi connectivity index (χ2v) is 4.33. The summed E-state index contributed by atoms with van der Waals surface area (Å²) >= 11 is 0. The van der Waals surface area contributed by atoms with Gasteiger partial charge in [0.15, 0.2) is 5.96 Å². The van der Waals surface area contributed by atoms with Gasteiger partial charge in [-0.05, 0) is 38.1 Å². The van der Waals surface area contributed by atoms with Gasteiger partial charge in [0, 0.05) is 18.2 Å². The molecular weight excluding hydrogens is 327 g/mol. The molecule has 0 aliphatic heterocycles. The Morgan fingerprint density at radius 1 is 1.35 bits per heavy atom. The molecule has 0 aliphatic rings. The van der Waals surface area contributed by atoms with E-state index >= 15 is 0 Å². The van der Waals surface area contributed by atoms with Crippen LogP contribution in [0, 0.1) is 5.82 Å². The van der Waals surface area contributed by atoms with Crippen molar-refractivity contribution in [2.75, 3.05) is 13.1 Å². The standard InChI is InChI=1S/C13H19FN4O.BrH/c1-9(2)18-13(15)17-8-7-16-12(19)10-3-5-11(14)6-4-10;/h3-6,9H,7-8H2,1-2H3,(H,16,19)(H3,15,17,18);1H. The normalized spacial score (nSPS) is 10.9. The van der Waals surface area contributed by atoms with Crippen LogP contribution in [0.5, 0.6) is 0 Å². The quantitative estimate of drug-likeness (QED) is 0.429. The molecule has 20 heavy (non-hydrogen) atoms. The summed E-state index contributed by atoms with van der Waals surface area (Å²) in [5.41, 5.74) is 6.02. The number of carbonyl (C=O) groups excluding carboxylic acids is 1. The van der Waals surface area contributed by atoms with Gasteiger partial charge in [-0.3, -0.25) is 9.79 Å². The van der Waals surface area contributed by atoms with E-state index in [0.717, 1.165) is 0 Å². The Hall–Kier alpha value is -1.63. The van der Waals surface area contributed by atoms with Crippen molar-refractivity contribution in [2.24, 2.45) is 10.7 Å². The summed E-state index contributed by atoms with van der Waals surface area (Å²) in [6.07, 6.45) is 0. The summed E-state index contributed by atoms with van der Waals surface area (Å²) in [5.74, 6) is -0.273. The lowest BCUT2D eigenvalue weighted by Crippen LogP contribution is -2.37. The fourth-order valence-corrected chi connectivity index (χ4v) is 1.39. The first-order valence-electron chi connectivity index (χ1n) is 6.09. The highest BCUT2D eigenvalue weighted by Gasteiger charge is 2.04. The lowest BCUT2D eigenvalue weighted by Gasteiger charge is -2.08. The van der Waals surface area contributed by atoms with Crippen LogP contribution in [0.2, 0.25) is 0 Å². The topological polar surface area (TPSA) is 79.5 Å². The minimum absolute atomic E-state index is 0. The zero-order valence-corrected chi connectivity index (χ0v) is 13.2. The van der Waals surface area contributed by atoms with Crippen LogP contribution >= 0.6 is 17.0 Å². The highest BCUT2D eigenvalue weighted by atomic mass is 79.9. The average molecular weight is 347 g/mol. The van der Waals surface area contributed by atoms with Crippen molar-refractivity contribution in [1.82, 2.24) is 10.6 Å². The van der Waals surface area contributed by atoms with Gasteiger partial charge in [0.2, 0.25) is 0 Å². The van der Waals surface area contributed by atoms with Gasteiger partial charge in [0.1, 0.15) is 5.82 Å². The number of nitrogens with one attached hydrogen (secondary N) is 2. The lowest BCUT2D eigenvalue weighted by atomic mass is 10.2. The van der Waals surface area contributed by atoms with E-state index in [4.69, 9.17) is 5.73 Å². The molecule has 0 unspecified atom stereocenters. The minimum atomic E-state index is -0.367. The second-order valence-electron chi connectivity index (χ2n) is 4.33. The molecule has 1 amide bonds. The van der Waals surface area contributed by atoms with Crippen LogP contribution < -0.4 is 16.4 Å². The smallest absolute Gasteiger partial charge is 0.251 e. The summed E-state index contributed by atoms with van der Waals surface area (Å²) in [6, 6.07) is 5.58. The molecule has 7 heteroatoms. The maximum absolute atomic E-state index is 12.7. The van der Waals surface area contributed by atoms with Crippen molar-refractivity contribution in [3.8, 4) is 0 Å². The van der Waals surface area contributed by atoms with Gasteiger partial charge in [-0.15, -0.1) is 17.0 Å². The SMILES string of the molecule is Br.CC(C)NC(N)=NCCNC(=O)c1ccc(F)cc1. The molecule has 4 N–H and O–H groups in total. The first-order valence-corrected chi connectivity index (χ1v) is 6.09. The maximum Gasteiger partial charge on any atom is 0.251 e. The number of nitrogens with two attached hydrogens (primary N) is 1. The highest BCUT2D eigenvalue weighted by Crippen LogP contribution is 2.01. The Balaban J connectivity index is 0.00000361. The Kier molecular flexibility index (Phi) is 8.54. The summed E-state index contributed by atoms with van der Waals surface area (Å²) in [4.78, 5) is 15.7. The van der Waals surface area contributed by atoms with Crippen molar-refractivity contribution in [3.05, 3.63) is 35.6 Å². The molecular formula is C13H20BrFN4O. The predicted octanol–water partition coefficient (Wildman–Crippen LogP) is 1.45. The van der Waals surface area contributed by atoms with Gasteiger partial charge in [-0.25, -0.2) is 4.39 Å². The van der Waals surface area contributed by atoms with Crippen LogP contribution in [0.4, 0.5) is 4.39 Å². The number of benzene rings is 1. The van der Waals surface area contributed by atoms with Gasteiger partial charge >= 0.3 is 0 Å². The Morgan fingerprint density at radius 3 is 2.50 bits per heavy atom. The number of nitrogens with zero attached hydrogens (tertiary/aromatic N) is 1. The van der Waals surface area contributed by atoms with Crippen LogP contribution in [0.15, 0.2) is 29.3 Å². The van der Waals surface area contributed by atoms with Crippen molar-refractivity contribution in [3.63, 3.8) is 0 Å². The molecule has 0 aliphatic carbocycles. The number of hydrogen-bond donors (Lipinski definition) is 3. The van der Waals surface area contributed by atoms with Crippen molar-refractivity contribution in [1.29, 1.82) is 0 Å². The second kappa shape index (κ2) is 9.30. The lowest BCUT2D eigenvalue weighted by molar-refractivity contribution is 0.0955. The molecule has 0 saturated carbocycles. The Labute approximate surface area is 128 Å². The van der Waals surface area contributed by atoms with Gasteiger partial charge in [-0.2, -0.15) is 0 Å². The van der Waals surface area contributed by atoms with Crippen molar-refractivity contribution < 1.29 is 9.18 Å². The molecule has 0 heterocycles. The molecule has 1 rings (SSSR count). The largest absolute Gasteiger partial charge is 0.370 e. The van der Waals surface area contributed by atoms with Crippen LogP contribution in [0.25, 0.3) is 0 Å². The predicted molar refractivity (Wildman–Crippen MR) is 83.8 cm³/mol. The Morgan fingerprint density at radius 2 is 1.95 bits per heavy atom. The average Bonchev–Trinajstić information content (AvgIpc) is 2.34. The maximum atomic E-state index is 12.7. The first-order chi connectivity index (χ1) is 8.99. The van der Waals surface area contributed by atoms with E-state index in [1.54, 1.807) is 0 Å².